The van der Waals surface area contributed by atoms with Crippen LogP contribution in [0.3, 0.4) is 0 Å². The number of esters is 2. The molecular weight excluding hydrogens is 1190 g/mol. The fraction of sp³-hybridized carbons (Fsp3) is 0.662. The normalized spacial score (nSPS) is 31.4. The van der Waals surface area contributed by atoms with Crippen LogP contribution in [0.5, 0.6) is 23.3 Å². The Hall–Kier alpha value is -5.37. The summed E-state index contributed by atoms with van der Waals surface area (Å²) in [6.07, 6.45) is 15.4. The topological polar surface area (TPSA) is 234 Å². The molecule has 8 heterocycles. The fourth-order valence-electron chi connectivity index (χ4n) is 14.0. The molecule has 4 saturated heterocycles. The number of methoxy groups -OCH3 is 2. The van der Waals surface area contributed by atoms with E-state index in [1.807, 2.05) is 71.0 Å². The van der Waals surface area contributed by atoms with E-state index in [4.69, 9.17) is 57.8 Å². The maximum absolute atomic E-state index is 14.3. The van der Waals surface area contributed by atoms with E-state index >= 15 is 0 Å². The second kappa shape index (κ2) is 27.8. The molecule has 22 heteroatoms. The maximum Gasteiger partial charge on any atom is 0.307 e. The molecule has 468 valence electrons. The van der Waals surface area contributed by atoms with Gasteiger partial charge in [-0.1, -0.05) is 78.3 Å². The first-order chi connectivity index (χ1) is 41.0. The van der Waals surface area contributed by atoms with Crippen molar-refractivity contribution < 1.29 is 104 Å². The van der Waals surface area contributed by atoms with E-state index < -0.39 is 52.6 Å². The molecule has 2 amide bonds. The van der Waals surface area contributed by atoms with Crippen LogP contribution in [0.4, 0.5) is 0 Å². The van der Waals surface area contributed by atoms with Crippen molar-refractivity contribution in [2.75, 3.05) is 53.7 Å². The molecule has 0 N–H and O–H groups in total. The largest absolute Gasteiger partial charge is 0.540 e. The van der Waals surface area contributed by atoms with E-state index in [1.165, 1.54) is 0 Å². The van der Waals surface area contributed by atoms with Crippen LogP contribution in [0.25, 0.3) is 22.1 Å². The standard InChI is InChI=1S/C33H42N3O7.C32H40N3O7.2V/c1-5-22-27(17-37)36-16-28(22)42-30-25(34-24-12-11-21(40-4)13-26(24)35-30)10-8-6-7-9-20-15-33(20,3)43-29(38)14-23(31(36)39)32(2)18-41-19-32;1-4-21-26(16-36)35-15-28(21)42-30-24(33-23-11-10-20(39-3)13-25(23)34-30)9-7-5-6-8-19-12-27(19)41-29(37)14-22(31(35)38)32(2)17-40-18-32;;/h11-13,20,22-23,27-28H,5-10,14-16,18-19H2,1-4H3;10-11,13,19,21-22,26-28H,4-9,12,14-15,17-18H2,1-3H3;;/q2*-1;;/t20-,22+,23-,27-,28+,33-;19-,21+,22-,26-,27-,28+;;/m11../s1. The summed E-state index contributed by atoms with van der Waals surface area (Å²) in [4.78, 5) is 102. The van der Waals surface area contributed by atoms with Gasteiger partial charge in [0.15, 0.2) is 0 Å². The van der Waals surface area contributed by atoms with E-state index in [0.29, 0.717) is 98.2 Å². The zero-order chi connectivity index (χ0) is 59.8. The number of hydrogen-bond acceptors (Lipinski definition) is 18. The van der Waals surface area contributed by atoms with E-state index in [0.717, 1.165) is 86.6 Å². The first-order valence-electron chi connectivity index (χ1n) is 31.0. The van der Waals surface area contributed by atoms with Gasteiger partial charge in [0.1, 0.15) is 46.8 Å². The van der Waals surface area contributed by atoms with Crippen LogP contribution in [-0.2, 0) is 97.7 Å². The number of nitrogens with zero attached hydrogens (tertiary/aromatic N) is 6. The second-order valence-electron chi connectivity index (χ2n) is 25.9. The van der Waals surface area contributed by atoms with Gasteiger partial charge in [0.05, 0.1) is 100 Å². The number of carbonyl (C=O) groups excluding carboxylic acids is 6. The summed E-state index contributed by atoms with van der Waals surface area (Å²) in [6.45, 7) is 11.8. The third kappa shape index (κ3) is 14.0. The molecule has 6 aliphatic heterocycles. The van der Waals surface area contributed by atoms with Crippen LogP contribution in [0.1, 0.15) is 136 Å². The van der Waals surface area contributed by atoms with E-state index in [1.54, 1.807) is 24.0 Å². The number of rotatable bonds is 8. The monoisotopic (exact) mass is 1270 g/mol. The molecule has 2 aromatic heterocycles. The van der Waals surface area contributed by atoms with Crippen molar-refractivity contribution in [1.82, 2.24) is 29.7 Å². The van der Waals surface area contributed by atoms with Gasteiger partial charge in [-0.3, -0.25) is 19.2 Å². The predicted molar refractivity (Wildman–Crippen MR) is 310 cm³/mol. The van der Waals surface area contributed by atoms with E-state index in [-0.39, 0.29) is 105 Å². The number of amides is 2. The fourth-order valence-corrected chi connectivity index (χ4v) is 14.0. The van der Waals surface area contributed by atoms with Gasteiger partial charge in [-0.05, 0) is 100 Å². The average Bonchev–Trinajstić information content (AvgIpc) is 2.07. The average molecular weight is 1270 g/mol. The summed E-state index contributed by atoms with van der Waals surface area (Å²) in [5.74, 6) is -0.237. The first-order valence-corrected chi connectivity index (χ1v) is 31.0. The minimum atomic E-state index is -0.796. The van der Waals surface area contributed by atoms with Crippen molar-refractivity contribution in [3.8, 4) is 23.3 Å². The maximum atomic E-state index is 14.3. The van der Waals surface area contributed by atoms with Gasteiger partial charge in [-0.2, -0.15) is 0 Å². The van der Waals surface area contributed by atoms with Crippen LogP contribution in [0.15, 0.2) is 36.4 Å². The van der Waals surface area contributed by atoms with Gasteiger partial charge in [0.2, 0.25) is 23.6 Å². The molecule has 2 saturated carbocycles. The van der Waals surface area contributed by atoms with Crippen LogP contribution in [0, 0.1) is 46.3 Å². The van der Waals surface area contributed by atoms with Crippen LogP contribution >= 0.6 is 0 Å². The molecule has 0 unspecified atom stereocenters. The number of benzene rings is 2. The smallest absolute Gasteiger partial charge is 0.307 e. The number of ether oxygens (including phenoxy) is 8. The zero-order valence-corrected chi connectivity index (χ0v) is 54.0. The predicted octanol–water partition coefficient (Wildman–Crippen LogP) is 8.03. The molecule has 4 aromatic rings. The summed E-state index contributed by atoms with van der Waals surface area (Å²) >= 11 is 0. The number of hydrogen-bond donors (Lipinski definition) is 0. The number of aromatic nitrogens is 4. The van der Waals surface area contributed by atoms with Crippen molar-refractivity contribution in [2.45, 2.75) is 173 Å². The van der Waals surface area contributed by atoms with E-state index in [2.05, 4.69) is 12.6 Å². The molecule has 0 spiro atoms. The Morgan fingerprint density at radius 1 is 0.586 bits per heavy atom. The summed E-state index contributed by atoms with van der Waals surface area (Å²) < 4.78 is 46.8. The molecule has 87 heavy (non-hydrogen) atoms. The molecule has 12 atom stereocenters. The molecule has 8 aliphatic rings. The molecule has 12 rings (SSSR count). The molecule has 4 bridgehead atoms. The van der Waals surface area contributed by atoms with Gasteiger partial charge in [-0.15, -0.1) is 0 Å². The minimum Gasteiger partial charge on any atom is -0.540 e. The van der Waals surface area contributed by atoms with Gasteiger partial charge in [0.25, 0.3) is 0 Å². The number of fused-ring (bicyclic) bond motifs is 10. The SMILES string of the molecule is CC[C@@H]1[C@@H]2CN(C(=O)[C@H](C3(C)COC3)CC(=O)O[C@@H]3C[C@H]3CCCCCc3nc4ccc(OC)cc4nc3O2)[C@@H]1[C-]=O.CC[C@@H]1[C@@H]2CN(C(=O)[C@H](C3(C)COC3)CC(=O)O[C@]3(C)C[C@H]3CCCCCc3nc4ccc(OC)cc4nc3O2)[C@@H]1[C-]=O.[V].[V]. The second-order valence-corrected chi connectivity index (χ2v) is 25.9. The summed E-state index contributed by atoms with van der Waals surface area (Å²) in [6, 6.07) is 9.61. The molecule has 2 aliphatic carbocycles. The van der Waals surface area contributed by atoms with Crippen molar-refractivity contribution in [3.05, 3.63) is 47.8 Å². The van der Waals surface area contributed by atoms with Crippen LogP contribution in [0.2, 0.25) is 0 Å². The van der Waals surface area contributed by atoms with Crippen molar-refractivity contribution in [3.63, 3.8) is 0 Å². The molecule has 6 fully saturated rings. The molecule has 2 radical (unpaired) electrons. The van der Waals surface area contributed by atoms with Crippen molar-refractivity contribution >= 4 is 58.4 Å². The Labute approximate surface area is 533 Å². The summed E-state index contributed by atoms with van der Waals surface area (Å²) in [7, 11) is 3.22. The summed E-state index contributed by atoms with van der Waals surface area (Å²) in [5, 5.41) is 0. The van der Waals surface area contributed by atoms with Gasteiger partial charge < -0.3 is 57.3 Å². The van der Waals surface area contributed by atoms with Crippen LogP contribution < -0.4 is 18.9 Å². The molecular formula is C65H82N6O14V2-2. The minimum absolute atomic E-state index is 0. The third-order valence-corrected chi connectivity index (χ3v) is 19.8. The Morgan fingerprint density at radius 3 is 1.49 bits per heavy atom. The van der Waals surface area contributed by atoms with Gasteiger partial charge in [0, 0.05) is 66.0 Å². The first kappa shape index (κ1) is 66.1. The number of carbonyl (C=O) groups is 4. The Bertz CT molecular complexity index is 3170. The van der Waals surface area contributed by atoms with Crippen molar-refractivity contribution in [2.24, 2.45) is 46.3 Å². The number of aryl methyl sites for hydroxylation is 2. The van der Waals surface area contributed by atoms with Crippen LogP contribution in [-0.4, -0.2) is 156 Å². The van der Waals surface area contributed by atoms with E-state index in [9.17, 15) is 28.8 Å². The third-order valence-electron chi connectivity index (χ3n) is 19.8. The molecule has 20 nitrogen and oxygen atoms in total. The van der Waals surface area contributed by atoms with Crippen molar-refractivity contribution in [1.29, 1.82) is 0 Å². The Kier molecular flexibility index (Phi) is 21.1. The molecule has 2 aromatic carbocycles. The Balaban J connectivity index is 0.000000203. The quantitative estimate of drug-likeness (QED) is 0.120. The van der Waals surface area contributed by atoms with Gasteiger partial charge >= 0.3 is 11.9 Å². The Morgan fingerprint density at radius 2 is 1.06 bits per heavy atom. The zero-order valence-electron chi connectivity index (χ0n) is 51.2. The van der Waals surface area contributed by atoms with Gasteiger partial charge in [-0.25, -0.2) is 32.5 Å². The summed E-state index contributed by atoms with van der Waals surface area (Å²) in [5.41, 5.74) is 2.86.